The fourth-order valence-corrected chi connectivity index (χ4v) is 3.53. The zero-order valence-electron chi connectivity index (χ0n) is 11.6. The average molecular weight is 300 g/mol. The minimum absolute atomic E-state index is 0.627. The van der Waals surface area contributed by atoms with Gasteiger partial charge in [0.15, 0.2) is 0 Å². The molecule has 1 aliphatic carbocycles. The van der Waals surface area contributed by atoms with Crippen molar-refractivity contribution in [3.63, 3.8) is 0 Å². The van der Waals surface area contributed by atoms with Crippen LogP contribution in [0.2, 0.25) is 10.0 Å². The molecule has 19 heavy (non-hydrogen) atoms. The molecule has 1 aromatic rings. The molecule has 0 saturated heterocycles. The molecular formula is C16H23Cl2N. The summed E-state index contributed by atoms with van der Waals surface area (Å²) >= 11 is 12.4. The minimum Gasteiger partial charge on any atom is -0.314 e. The molecule has 1 nitrogen and oxygen atoms in total. The first-order valence-corrected chi connectivity index (χ1v) is 8.13. The normalized spacial score (nSPS) is 24.2. The maximum atomic E-state index is 6.30. The largest absolute Gasteiger partial charge is 0.314 e. The van der Waals surface area contributed by atoms with Gasteiger partial charge in [0.2, 0.25) is 0 Å². The summed E-state index contributed by atoms with van der Waals surface area (Å²) in [6.07, 6.45) is 7.66. The predicted octanol–water partition coefficient (Wildman–Crippen LogP) is 5.09. The molecule has 2 rings (SSSR count). The summed E-state index contributed by atoms with van der Waals surface area (Å²) in [5.74, 6) is 0.679. The lowest BCUT2D eigenvalue weighted by Crippen LogP contribution is -2.36. The summed E-state index contributed by atoms with van der Waals surface area (Å²) in [6, 6.07) is 6.43. The highest BCUT2D eigenvalue weighted by molar-refractivity contribution is 6.33. The summed E-state index contributed by atoms with van der Waals surface area (Å²) in [5, 5.41) is 5.29. The quantitative estimate of drug-likeness (QED) is 0.763. The van der Waals surface area contributed by atoms with Crippen LogP contribution in [0.15, 0.2) is 18.2 Å². The van der Waals surface area contributed by atoms with Crippen LogP contribution in [0.4, 0.5) is 0 Å². The highest BCUT2D eigenvalue weighted by Gasteiger charge is 2.23. The Balaban J connectivity index is 2.11. The SMILES string of the molecule is CCNC1CCCCCC1Cc1cc(Cl)ccc1Cl. The molecule has 2 unspecified atom stereocenters. The van der Waals surface area contributed by atoms with Gasteiger partial charge in [0.25, 0.3) is 0 Å². The van der Waals surface area contributed by atoms with E-state index in [1.807, 2.05) is 18.2 Å². The smallest absolute Gasteiger partial charge is 0.0439 e. The molecule has 1 fully saturated rings. The minimum atomic E-state index is 0.627. The van der Waals surface area contributed by atoms with Gasteiger partial charge in [-0.2, -0.15) is 0 Å². The zero-order chi connectivity index (χ0) is 13.7. The van der Waals surface area contributed by atoms with Crippen molar-refractivity contribution in [2.45, 2.75) is 51.5 Å². The van der Waals surface area contributed by atoms with Crippen LogP contribution in [0.1, 0.15) is 44.6 Å². The molecule has 0 heterocycles. The van der Waals surface area contributed by atoms with E-state index in [2.05, 4.69) is 12.2 Å². The summed E-state index contributed by atoms with van der Waals surface area (Å²) in [6.45, 7) is 3.23. The van der Waals surface area contributed by atoms with Crippen LogP contribution in [0, 0.1) is 5.92 Å². The number of nitrogens with one attached hydrogen (secondary N) is 1. The van der Waals surface area contributed by atoms with E-state index in [0.29, 0.717) is 12.0 Å². The highest BCUT2D eigenvalue weighted by atomic mass is 35.5. The van der Waals surface area contributed by atoms with Crippen LogP contribution < -0.4 is 5.32 Å². The number of rotatable bonds is 4. The first kappa shape index (κ1) is 15.2. The first-order chi connectivity index (χ1) is 9.20. The Kier molecular flexibility index (Phi) is 6.00. The number of benzene rings is 1. The zero-order valence-corrected chi connectivity index (χ0v) is 13.1. The van der Waals surface area contributed by atoms with Gasteiger partial charge in [-0.25, -0.2) is 0 Å². The Morgan fingerprint density at radius 3 is 2.74 bits per heavy atom. The second-order valence-corrected chi connectivity index (χ2v) is 6.35. The van der Waals surface area contributed by atoms with Crippen LogP contribution in [-0.2, 0) is 6.42 Å². The maximum Gasteiger partial charge on any atom is 0.0439 e. The predicted molar refractivity (Wildman–Crippen MR) is 84.2 cm³/mol. The average Bonchev–Trinajstić information content (AvgIpc) is 2.60. The molecule has 1 saturated carbocycles. The third kappa shape index (κ3) is 4.37. The number of hydrogen-bond acceptors (Lipinski definition) is 1. The molecule has 0 aromatic heterocycles. The Morgan fingerprint density at radius 1 is 1.16 bits per heavy atom. The van der Waals surface area contributed by atoms with E-state index in [9.17, 15) is 0 Å². The molecule has 0 spiro atoms. The van der Waals surface area contributed by atoms with E-state index in [0.717, 1.165) is 23.0 Å². The van der Waals surface area contributed by atoms with Gasteiger partial charge < -0.3 is 5.32 Å². The number of halogens is 2. The van der Waals surface area contributed by atoms with Crippen molar-refractivity contribution in [3.8, 4) is 0 Å². The Labute approximate surface area is 126 Å². The third-order valence-corrected chi connectivity index (χ3v) is 4.72. The topological polar surface area (TPSA) is 12.0 Å². The van der Waals surface area contributed by atoms with E-state index in [-0.39, 0.29) is 0 Å². The molecule has 1 N–H and O–H groups in total. The summed E-state index contributed by atoms with van der Waals surface area (Å²) in [4.78, 5) is 0. The molecule has 3 heteroatoms. The van der Waals surface area contributed by atoms with Gasteiger partial charge in [-0.05, 0) is 55.5 Å². The van der Waals surface area contributed by atoms with Crippen LogP contribution in [0.5, 0.6) is 0 Å². The third-order valence-electron chi connectivity index (χ3n) is 4.12. The van der Waals surface area contributed by atoms with E-state index in [4.69, 9.17) is 23.2 Å². The van der Waals surface area contributed by atoms with Crippen LogP contribution >= 0.6 is 23.2 Å². The van der Waals surface area contributed by atoms with Gasteiger partial charge in [-0.1, -0.05) is 49.4 Å². The Hall–Kier alpha value is -0.240. The second kappa shape index (κ2) is 7.52. The van der Waals surface area contributed by atoms with Crippen molar-refractivity contribution in [1.82, 2.24) is 5.32 Å². The van der Waals surface area contributed by atoms with E-state index >= 15 is 0 Å². The van der Waals surface area contributed by atoms with Gasteiger partial charge in [-0.3, -0.25) is 0 Å². The van der Waals surface area contributed by atoms with Gasteiger partial charge >= 0.3 is 0 Å². The summed E-state index contributed by atoms with van der Waals surface area (Å²) in [7, 11) is 0. The molecule has 0 bridgehead atoms. The van der Waals surface area contributed by atoms with Crippen LogP contribution in [-0.4, -0.2) is 12.6 Å². The lowest BCUT2D eigenvalue weighted by atomic mass is 9.88. The molecule has 0 radical (unpaired) electrons. The molecular weight excluding hydrogens is 277 g/mol. The maximum absolute atomic E-state index is 6.30. The fourth-order valence-electron chi connectivity index (χ4n) is 3.14. The van der Waals surface area contributed by atoms with E-state index in [1.54, 1.807) is 0 Å². The standard InChI is InChI=1S/C16H23Cl2N/c1-2-19-16-7-5-3-4-6-12(16)10-13-11-14(17)8-9-15(13)18/h8-9,11-12,16,19H,2-7,10H2,1H3. The van der Waals surface area contributed by atoms with Crippen molar-refractivity contribution in [2.75, 3.05) is 6.54 Å². The molecule has 106 valence electrons. The van der Waals surface area contributed by atoms with Crippen molar-refractivity contribution < 1.29 is 0 Å². The highest BCUT2D eigenvalue weighted by Crippen LogP contribution is 2.30. The second-order valence-electron chi connectivity index (χ2n) is 5.50. The lowest BCUT2D eigenvalue weighted by molar-refractivity contribution is 0.337. The van der Waals surface area contributed by atoms with Crippen LogP contribution in [0.25, 0.3) is 0 Å². The summed E-state index contributed by atoms with van der Waals surface area (Å²) < 4.78 is 0. The van der Waals surface area contributed by atoms with E-state index < -0.39 is 0 Å². The molecule has 0 aliphatic heterocycles. The molecule has 0 amide bonds. The fraction of sp³-hybridized carbons (Fsp3) is 0.625. The van der Waals surface area contributed by atoms with Crippen molar-refractivity contribution in [3.05, 3.63) is 33.8 Å². The first-order valence-electron chi connectivity index (χ1n) is 7.38. The van der Waals surface area contributed by atoms with Gasteiger partial charge in [0, 0.05) is 16.1 Å². The van der Waals surface area contributed by atoms with Gasteiger partial charge in [0.05, 0.1) is 0 Å². The van der Waals surface area contributed by atoms with Crippen molar-refractivity contribution >= 4 is 23.2 Å². The van der Waals surface area contributed by atoms with Gasteiger partial charge in [0.1, 0.15) is 0 Å². The Morgan fingerprint density at radius 2 is 1.95 bits per heavy atom. The summed E-state index contributed by atoms with van der Waals surface area (Å²) in [5.41, 5.74) is 1.20. The molecule has 1 aromatic carbocycles. The number of hydrogen-bond donors (Lipinski definition) is 1. The molecule has 2 atom stereocenters. The lowest BCUT2D eigenvalue weighted by Gasteiger charge is -2.26. The van der Waals surface area contributed by atoms with E-state index in [1.165, 1.54) is 37.7 Å². The van der Waals surface area contributed by atoms with Crippen molar-refractivity contribution in [1.29, 1.82) is 0 Å². The van der Waals surface area contributed by atoms with Gasteiger partial charge in [-0.15, -0.1) is 0 Å². The Bertz CT molecular complexity index is 406. The monoisotopic (exact) mass is 299 g/mol. The van der Waals surface area contributed by atoms with Crippen LogP contribution in [0.3, 0.4) is 0 Å². The molecule has 1 aliphatic rings. The van der Waals surface area contributed by atoms with Crippen molar-refractivity contribution in [2.24, 2.45) is 5.92 Å².